The number of thiocarbonyl (C=S) groups is 1. The van der Waals surface area contributed by atoms with E-state index in [1.54, 1.807) is 36.4 Å². The summed E-state index contributed by atoms with van der Waals surface area (Å²) >= 11 is 6.80. The zero-order chi connectivity index (χ0) is 21.8. The fourth-order valence-corrected chi connectivity index (χ4v) is 5.44. The van der Waals surface area contributed by atoms with Gasteiger partial charge in [0.1, 0.15) is 15.8 Å². The lowest BCUT2D eigenvalue weighted by Crippen LogP contribution is -2.39. The second-order valence-corrected chi connectivity index (χ2v) is 9.40. The van der Waals surface area contributed by atoms with Crippen LogP contribution in [0.1, 0.15) is 44.1 Å². The number of anilines is 1. The first kappa shape index (κ1) is 22.0. The summed E-state index contributed by atoms with van der Waals surface area (Å²) < 4.78 is 7.17. The molecule has 2 aromatic rings. The van der Waals surface area contributed by atoms with Crippen LogP contribution in [0.3, 0.4) is 0 Å². The summed E-state index contributed by atoms with van der Waals surface area (Å²) in [5.74, 6) is 0.361. The van der Waals surface area contributed by atoms with Crippen LogP contribution in [0.5, 0.6) is 0 Å². The minimum absolute atomic E-state index is 0.107. The van der Waals surface area contributed by atoms with Gasteiger partial charge in [0, 0.05) is 32.5 Å². The zero-order valence-electron chi connectivity index (χ0n) is 17.5. The summed E-state index contributed by atoms with van der Waals surface area (Å²) in [6.45, 7) is 1.21. The van der Waals surface area contributed by atoms with Gasteiger partial charge in [-0.2, -0.15) is 0 Å². The molecule has 7 nitrogen and oxygen atoms in total. The van der Waals surface area contributed by atoms with E-state index >= 15 is 0 Å². The van der Waals surface area contributed by atoms with Gasteiger partial charge in [-0.25, -0.2) is 4.98 Å². The number of hydrogen-bond donors (Lipinski definition) is 1. The van der Waals surface area contributed by atoms with Gasteiger partial charge in [0.25, 0.3) is 11.5 Å². The number of thioether (sulfide) groups is 1. The highest BCUT2D eigenvalue weighted by Gasteiger charge is 2.37. The number of fused-ring (bicyclic) bond motifs is 1. The molecule has 9 heteroatoms. The van der Waals surface area contributed by atoms with Crippen molar-refractivity contribution in [2.24, 2.45) is 0 Å². The van der Waals surface area contributed by atoms with Crippen molar-refractivity contribution in [2.75, 3.05) is 25.6 Å². The maximum Gasteiger partial charge on any atom is 0.267 e. The van der Waals surface area contributed by atoms with Crippen molar-refractivity contribution in [1.82, 2.24) is 14.3 Å². The van der Waals surface area contributed by atoms with Crippen LogP contribution >= 0.6 is 24.0 Å². The Bertz CT molecular complexity index is 1080. The molecule has 1 N–H and O–H groups in total. The van der Waals surface area contributed by atoms with Crippen LogP contribution in [-0.2, 0) is 9.53 Å². The Hall–Kier alpha value is -2.23. The number of ether oxygens (including phenoxy) is 1. The second-order valence-electron chi connectivity index (χ2n) is 7.72. The van der Waals surface area contributed by atoms with Gasteiger partial charge >= 0.3 is 0 Å². The van der Waals surface area contributed by atoms with E-state index in [0.29, 0.717) is 39.4 Å². The number of pyridine rings is 1. The highest BCUT2D eigenvalue weighted by molar-refractivity contribution is 8.26. The molecular formula is C22H26N4O3S2. The number of methoxy groups -OCH3 is 1. The van der Waals surface area contributed by atoms with Crippen molar-refractivity contribution in [3.63, 3.8) is 0 Å². The Balaban J connectivity index is 1.69. The van der Waals surface area contributed by atoms with Gasteiger partial charge in [-0.1, -0.05) is 49.3 Å². The number of nitrogens with one attached hydrogen (secondary N) is 1. The van der Waals surface area contributed by atoms with Crippen molar-refractivity contribution in [3.8, 4) is 0 Å². The summed E-state index contributed by atoms with van der Waals surface area (Å²) in [6.07, 6.45) is 9.50. The molecule has 1 aliphatic carbocycles. The lowest BCUT2D eigenvalue weighted by Gasteiger charge is -2.29. The molecule has 2 aliphatic rings. The number of hydrogen-bond acceptors (Lipinski definition) is 7. The third kappa shape index (κ3) is 4.68. The number of aromatic nitrogens is 2. The van der Waals surface area contributed by atoms with E-state index in [-0.39, 0.29) is 17.5 Å². The van der Waals surface area contributed by atoms with E-state index in [2.05, 4.69) is 10.3 Å². The predicted molar refractivity (Wildman–Crippen MR) is 128 cm³/mol. The molecular weight excluding hydrogens is 432 g/mol. The van der Waals surface area contributed by atoms with Gasteiger partial charge in [-0.3, -0.25) is 18.9 Å². The van der Waals surface area contributed by atoms with E-state index in [0.717, 1.165) is 32.1 Å². The first-order valence-corrected chi connectivity index (χ1v) is 11.8. The van der Waals surface area contributed by atoms with Crippen molar-refractivity contribution >= 4 is 51.7 Å². The Morgan fingerprint density at radius 3 is 2.87 bits per heavy atom. The fourth-order valence-electron chi connectivity index (χ4n) is 4.06. The van der Waals surface area contributed by atoms with Gasteiger partial charge in [0.2, 0.25) is 0 Å². The molecule has 3 heterocycles. The summed E-state index contributed by atoms with van der Waals surface area (Å²) in [5, 5.41) is 3.24. The van der Waals surface area contributed by atoms with E-state index in [1.165, 1.54) is 22.6 Å². The van der Waals surface area contributed by atoms with Crippen molar-refractivity contribution in [2.45, 2.75) is 44.6 Å². The maximum absolute atomic E-state index is 13.2. The molecule has 1 amide bonds. The van der Waals surface area contributed by atoms with Crippen LogP contribution in [0.2, 0.25) is 0 Å². The Labute approximate surface area is 190 Å². The standard InChI is InChI=1S/C22H26N4O3S2/c1-29-13-7-11-23-19-16(20(27)25-12-6-5-10-18(25)24-19)14-17-21(28)26(22(30)31-17)15-8-3-2-4-9-15/h5-6,10,12,14-15,23H,2-4,7-9,11,13H2,1H3. The molecule has 4 rings (SSSR count). The van der Waals surface area contributed by atoms with E-state index in [1.807, 2.05) is 6.07 Å². The maximum atomic E-state index is 13.2. The lowest BCUT2D eigenvalue weighted by molar-refractivity contribution is -0.124. The third-order valence-corrected chi connectivity index (χ3v) is 6.96. The Morgan fingerprint density at radius 2 is 2.10 bits per heavy atom. The smallest absolute Gasteiger partial charge is 0.267 e. The molecule has 0 radical (unpaired) electrons. The van der Waals surface area contributed by atoms with Crippen LogP contribution in [0, 0.1) is 0 Å². The average Bonchev–Trinajstić information content (AvgIpc) is 3.07. The van der Waals surface area contributed by atoms with Crippen LogP contribution < -0.4 is 10.9 Å². The molecule has 0 spiro atoms. The Kier molecular flexibility index (Phi) is 7.04. The highest BCUT2D eigenvalue weighted by Crippen LogP contribution is 2.37. The summed E-state index contributed by atoms with van der Waals surface area (Å²) in [4.78, 5) is 33.3. The first-order valence-electron chi connectivity index (χ1n) is 10.6. The second kappa shape index (κ2) is 9.93. The van der Waals surface area contributed by atoms with Crippen molar-refractivity contribution in [1.29, 1.82) is 0 Å². The molecule has 0 unspecified atom stereocenters. The van der Waals surface area contributed by atoms with Crippen molar-refractivity contribution in [3.05, 3.63) is 45.2 Å². The fraction of sp³-hybridized carbons (Fsp3) is 0.455. The monoisotopic (exact) mass is 458 g/mol. The third-order valence-electron chi connectivity index (χ3n) is 5.63. The molecule has 0 bridgehead atoms. The predicted octanol–water partition coefficient (Wildman–Crippen LogP) is 3.68. The molecule has 0 atom stereocenters. The van der Waals surface area contributed by atoms with Gasteiger partial charge in [-0.15, -0.1) is 0 Å². The number of carbonyl (C=O) groups excluding carboxylic acids is 1. The number of rotatable bonds is 7. The van der Waals surface area contributed by atoms with E-state index in [9.17, 15) is 9.59 Å². The molecule has 1 saturated heterocycles. The normalized spacial score (nSPS) is 19.0. The SMILES string of the molecule is COCCCNc1nc2ccccn2c(=O)c1C=C1SC(=S)N(C2CCCCC2)C1=O. The van der Waals surface area contributed by atoms with Gasteiger partial charge in [-0.05, 0) is 37.5 Å². The minimum atomic E-state index is -0.220. The molecule has 1 aliphatic heterocycles. The molecule has 0 aromatic carbocycles. The largest absolute Gasteiger partial charge is 0.385 e. The van der Waals surface area contributed by atoms with Gasteiger partial charge in [0.15, 0.2) is 0 Å². The summed E-state index contributed by atoms with van der Waals surface area (Å²) in [7, 11) is 1.65. The summed E-state index contributed by atoms with van der Waals surface area (Å²) in [6, 6.07) is 5.57. The molecule has 31 heavy (non-hydrogen) atoms. The van der Waals surface area contributed by atoms with Crippen LogP contribution in [0.4, 0.5) is 5.82 Å². The Morgan fingerprint density at radius 1 is 1.29 bits per heavy atom. The average molecular weight is 459 g/mol. The summed E-state index contributed by atoms with van der Waals surface area (Å²) in [5.41, 5.74) is 0.696. The topological polar surface area (TPSA) is 75.9 Å². The minimum Gasteiger partial charge on any atom is -0.385 e. The highest BCUT2D eigenvalue weighted by atomic mass is 32.2. The lowest BCUT2D eigenvalue weighted by atomic mass is 9.94. The van der Waals surface area contributed by atoms with Crippen LogP contribution in [0.25, 0.3) is 11.7 Å². The number of carbonyl (C=O) groups is 1. The van der Waals surface area contributed by atoms with Crippen LogP contribution in [-0.4, -0.2) is 50.8 Å². The molecule has 1 saturated carbocycles. The zero-order valence-corrected chi connectivity index (χ0v) is 19.1. The van der Waals surface area contributed by atoms with E-state index in [4.69, 9.17) is 17.0 Å². The first-order chi connectivity index (χ1) is 15.1. The van der Waals surface area contributed by atoms with E-state index < -0.39 is 0 Å². The molecule has 2 fully saturated rings. The van der Waals surface area contributed by atoms with Gasteiger partial charge in [0.05, 0.1) is 10.5 Å². The number of amides is 1. The number of nitrogens with zero attached hydrogens (tertiary/aromatic N) is 3. The van der Waals surface area contributed by atoms with Gasteiger partial charge < -0.3 is 10.1 Å². The molecule has 2 aromatic heterocycles. The van der Waals surface area contributed by atoms with Crippen molar-refractivity contribution < 1.29 is 9.53 Å². The van der Waals surface area contributed by atoms with Crippen LogP contribution in [0.15, 0.2) is 34.1 Å². The quantitative estimate of drug-likeness (QED) is 0.385. The molecule has 164 valence electrons.